The molecule has 2 aliphatic rings. The van der Waals surface area contributed by atoms with Gasteiger partial charge in [0, 0.05) is 18.9 Å². The molecule has 2 rings (SSSR count). The van der Waals surface area contributed by atoms with Gasteiger partial charge in [-0.2, -0.15) is 0 Å². The summed E-state index contributed by atoms with van der Waals surface area (Å²) in [6.07, 6.45) is 11.9. The highest BCUT2D eigenvalue weighted by atomic mass is 16.7. The van der Waals surface area contributed by atoms with Crippen LogP contribution in [0.3, 0.4) is 0 Å². The van der Waals surface area contributed by atoms with Crippen molar-refractivity contribution in [2.24, 2.45) is 0 Å². The number of hydrogen-bond donors (Lipinski definition) is 1. The zero-order valence-electron chi connectivity index (χ0n) is 10.7. The highest BCUT2D eigenvalue weighted by molar-refractivity contribution is 5.00. The molecule has 1 N–H and O–H groups in total. The van der Waals surface area contributed by atoms with E-state index >= 15 is 0 Å². The van der Waals surface area contributed by atoms with Crippen molar-refractivity contribution in [3.8, 4) is 12.3 Å². The predicted octanol–water partition coefficient (Wildman–Crippen LogP) is 2.06. The minimum atomic E-state index is -0.255. The number of ether oxygens (including phenoxy) is 2. The van der Waals surface area contributed by atoms with Crippen LogP contribution in [0.2, 0.25) is 0 Å². The number of rotatable bonds is 4. The maximum Gasteiger partial charge on any atom is 0.168 e. The van der Waals surface area contributed by atoms with Gasteiger partial charge in [0.1, 0.15) is 0 Å². The van der Waals surface area contributed by atoms with Crippen LogP contribution in [0.15, 0.2) is 0 Å². The Balaban J connectivity index is 1.77. The Morgan fingerprint density at radius 3 is 2.53 bits per heavy atom. The maximum atomic E-state index is 5.72. The van der Waals surface area contributed by atoms with Gasteiger partial charge in [-0.1, -0.05) is 19.3 Å². The third-order valence-corrected chi connectivity index (χ3v) is 3.78. The van der Waals surface area contributed by atoms with Crippen molar-refractivity contribution in [3.05, 3.63) is 0 Å². The predicted molar refractivity (Wildman–Crippen MR) is 67.6 cm³/mol. The van der Waals surface area contributed by atoms with Crippen LogP contribution in [0.25, 0.3) is 0 Å². The summed E-state index contributed by atoms with van der Waals surface area (Å²) in [7, 11) is 0. The Kier molecular flexibility index (Phi) is 4.44. The van der Waals surface area contributed by atoms with Crippen LogP contribution in [-0.4, -0.2) is 31.1 Å². The lowest BCUT2D eigenvalue weighted by molar-refractivity contribution is -0.179. The van der Waals surface area contributed by atoms with E-state index in [0.717, 1.165) is 51.7 Å². The average Bonchev–Trinajstić information content (AvgIpc) is 2.80. The summed E-state index contributed by atoms with van der Waals surface area (Å²) < 4.78 is 11.4. The van der Waals surface area contributed by atoms with Crippen LogP contribution < -0.4 is 5.32 Å². The standard InChI is InChI=1S/C14H23NO2/c1-3-5-12(4-2)15-13-6-8-14(9-7-13)16-10-11-17-14/h2,12-13,15H,3,5-11H2,1H3. The van der Waals surface area contributed by atoms with Gasteiger partial charge in [0.15, 0.2) is 5.79 Å². The molecule has 3 heteroatoms. The van der Waals surface area contributed by atoms with Gasteiger partial charge < -0.3 is 14.8 Å². The fraction of sp³-hybridized carbons (Fsp3) is 0.857. The third-order valence-electron chi connectivity index (χ3n) is 3.78. The maximum absolute atomic E-state index is 5.72. The summed E-state index contributed by atoms with van der Waals surface area (Å²) in [5.41, 5.74) is 0. The summed E-state index contributed by atoms with van der Waals surface area (Å²) in [5, 5.41) is 3.57. The van der Waals surface area contributed by atoms with E-state index in [1.807, 2.05) is 0 Å². The van der Waals surface area contributed by atoms with Gasteiger partial charge in [-0.05, 0) is 19.3 Å². The molecule has 17 heavy (non-hydrogen) atoms. The topological polar surface area (TPSA) is 30.5 Å². The summed E-state index contributed by atoms with van der Waals surface area (Å²) in [6, 6.07) is 0.755. The normalized spacial score (nSPS) is 25.9. The van der Waals surface area contributed by atoms with E-state index in [1.54, 1.807) is 0 Å². The number of terminal acetylenes is 1. The van der Waals surface area contributed by atoms with Crippen molar-refractivity contribution in [2.75, 3.05) is 13.2 Å². The van der Waals surface area contributed by atoms with Gasteiger partial charge in [0.25, 0.3) is 0 Å². The third kappa shape index (κ3) is 3.22. The molecule has 0 aromatic rings. The molecule has 0 radical (unpaired) electrons. The first kappa shape index (κ1) is 12.9. The highest BCUT2D eigenvalue weighted by Gasteiger charge is 2.40. The fourth-order valence-electron chi connectivity index (χ4n) is 2.80. The lowest BCUT2D eigenvalue weighted by atomic mass is 9.89. The molecule has 0 aromatic carbocycles. The second-order valence-corrected chi connectivity index (χ2v) is 5.06. The average molecular weight is 237 g/mol. The van der Waals surface area contributed by atoms with E-state index in [4.69, 9.17) is 15.9 Å². The summed E-state index contributed by atoms with van der Waals surface area (Å²) >= 11 is 0. The Morgan fingerprint density at radius 2 is 2.00 bits per heavy atom. The molecule has 0 bridgehead atoms. The van der Waals surface area contributed by atoms with Crippen LogP contribution in [0.1, 0.15) is 45.4 Å². The smallest absolute Gasteiger partial charge is 0.168 e. The molecule has 2 fully saturated rings. The van der Waals surface area contributed by atoms with Gasteiger partial charge in [0.05, 0.1) is 19.3 Å². The molecular weight excluding hydrogens is 214 g/mol. The minimum absolute atomic E-state index is 0.226. The van der Waals surface area contributed by atoms with Crippen molar-refractivity contribution < 1.29 is 9.47 Å². The van der Waals surface area contributed by atoms with Gasteiger partial charge in [-0.15, -0.1) is 6.42 Å². The van der Waals surface area contributed by atoms with Crippen LogP contribution >= 0.6 is 0 Å². The molecule has 3 nitrogen and oxygen atoms in total. The largest absolute Gasteiger partial charge is 0.348 e. The Labute approximate surface area is 104 Å². The molecule has 96 valence electrons. The highest BCUT2D eigenvalue weighted by Crippen LogP contribution is 2.35. The van der Waals surface area contributed by atoms with Gasteiger partial charge in [0.2, 0.25) is 0 Å². The fourth-order valence-corrected chi connectivity index (χ4v) is 2.80. The lowest BCUT2D eigenvalue weighted by Gasteiger charge is -2.36. The Morgan fingerprint density at radius 1 is 1.35 bits per heavy atom. The molecule has 1 atom stereocenters. The molecule has 0 amide bonds. The quantitative estimate of drug-likeness (QED) is 0.759. The van der Waals surface area contributed by atoms with Gasteiger partial charge >= 0.3 is 0 Å². The van der Waals surface area contributed by atoms with Crippen LogP contribution in [0.4, 0.5) is 0 Å². The zero-order valence-corrected chi connectivity index (χ0v) is 10.7. The first-order valence-electron chi connectivity index (χ1n) is 6.78. The summed E-state index contributed by atoms with van der Waals surface area (Å²) in [4.78, 5) is 0. The van der Waals surface area contributed by atoms with Crippen molar-refractivity contribution in [2.45, 2.75) is 63.3 Å². The van der Waals surface area contributed by atoms with E-state index in [0.29, 0.717) is 6.04 Å². The number of nitrogens with one attached hydrogen (secondary N) is 1. The van der Waals surface area contributed by atoms with Crippen LogP contribution in [0, 0.1) is 12.3 Å². The van der Waals surface area contributed by atoms with Gasteiger partial charge in [-0.3, -0.25) is 0 Å². The molecule has 1 aliphatic carbocycles. The number of hydrogen-bond acceptors (Lipinski definition) is 3. The monoisotopic (exact) mass is 237 g/mol. The van der Waals surface area contributed by atoms with Crippen molar-refractivity contribution in [1.29, 1.82) is 0 Å². The first-order chi connectivity index (χ1) is 8.28. The van der Waals surface area contributed by atoms with Crippen LogP contribution in [0.5, 0.6) is 0 Å². The van der Waals surface area contributed by atoms with E-state index < -0.39 is 0 Å². The van der Waals surface area contributed by atoms with Crippen LogP contribution in [-0.2, 0) is 9.47 Å². The molecule has 1 saturated heterocycles. The Hall–Kier alpha value is -0.560. The molecular formula is C14H23NO2. The molecule has 1 heterocycles. The molecule has 1 saturated carbocycles. The summed E-state index contributed by atoms with van der Waals surface area (Å²) in [5.74, 6) is 2.58. The summed E-state index contributed by atoms with van der Waals surface area (Å²) in [6.45, 7) is 3.67. The Bertz CT molecular complexity index is 268. The molecule has 1 spiro atoms. The first-order valence-corrected chi connectivity index (χ1v) is 6.78. The van der Waals surface area contributed by atoms with E-state index in [2.05, 4.69) is 18.2 Å². The SMILES string of the molecule is C#CC(CCC)NC1CCC2(CC1)OCCO2. The molecule has 1 unspecified atom stereocenters. The zero-order chi connectivity index (χ0) is 12.1. The van der Waals surface area contributed by atoms with Gasteiger partial charge in [-0.25, -0.2) is 0 Å². The molecule has 1 aliphatic heterocycles. The lowest BCUT2D eigenvalue weighted by Crippen LogP contribution is -2.45. The second kappa shape index (κ2) is 5.86. The van der Waals surface area contributed by atoms with Crippen molar-refractivity contribution in [1.82, 2.24) is 5.32 Å². The van der Waals surface area contributed by atoms with Crippen molar-refractivity contribution >= 4 is 0 Å². The second-order valence-electron chi connectivity index (χ2n) is 5.06. The van der Waals surface area contributed by atoms with E-state index in [-0.39, 0.29) is 11.8 Å². The molecule has 0 aromatic heterocycles. The van der Waals surface area contributed by atoms with E-state index in [1.165, 1.54) is 0 Å². The van der Waals surface area contributed by atoms with E-state index in [9.17, 15) is 0 Å². The minimum Gasteiger partial charge on any atom is -0.348 e. The van der Waals surface area contributed by atoms with Crippen molar-refractivity contribution in [3.63, 3.8) is 0 Å².